The van der Waals surface area contributed by atoms with Crippen LogP contribution in [-0.4, -0.2) is 58.3 Å². The molecule has 1 fully saturated rings. The van der Waals surface area contributed by atoms with Gasteiger partial charge in [-0.05, 0) is 23.8 Å². The molecule has 0 radical (unpaired) electrons. The number of piperazine rings is 1. The fourth-order valence-corrected chi connectivity index (χ4v) is 3.36. The minimum absolute atomic E-state index is 0.214. The molecule has 132 valence electrons. The second-order valence-corrected chi connectivity index (χ2v) is 6.81. The lowest BCUT2D eigenvalue weighted by Gasteiger charge is -2.39. The monoisotopic (exact) mass is 405 g/mol. The highest BCUT2D eigenvalue weighted by Crippen LogP contribution is 2.20. The van der Waals surface area contributed by atoms with Crippen LogP contribution in [0.25, 0.3) is 0 Å². The Bertz CT molecular complexity index is 714. The Balaban J connectivity index is 1.65. The van der Waals surface area contributed by atoms with Gasteiger partial charge in [-0.25, -0.2) is 4.79 Å². The van der Waals surface area contributed by atoms with Crippen LogP contribution in [-0.2, 0) is 6.54 Å². The fourth-order valence-electron chi connectivity index (χ4n) is 2.95. The molecule has 6 nitrogen and oxygen atoms in total. The molecule has 1 atom stereocenters. The molecule has 0 spiro atoms. The number of pyridine rings is 1. The molecule has 0 aliphatic carbocycles. The molecule has 0 bridgehead atoms. The van der Waals surface area contributed by atoms with Crippen LogP contribution in [0.3, 0.4) is 0 Å². The van der Waals surface area contributed by atoms with E-state index >= 15 is 0 Å². The van der Waals surface area contributed by atoms with Gasteiger partial charge in [-0.3, -0.25) is 14.8 Å². The molecule has 1 aliphatic rings. The van der Waals surface area contributed by atoms with Crippen LogP contribution in [0, 0.1) is 0 Å². The normalized spacial score (nSPS) is 18.1. The van der Waals surface area contributed by atoms with E-state index in [0.29, 0.717) is 32.0 Å². The van der Waals surface area contributed by atoms with Crippen LogP contribution in [0.1, 0.15) is 5.56 Å². The number of amides is 1. The summed E-state index contributed by atoms with van der Waals surface area (Å²) < 4.78 is 6.81. The van der Waals surface area contributed by atoms with Crippen molar-refractivity contribution in [3.05, 3.63) is 58.8 Å². The number of halogens is 1. The van der Waals surface area contributed by atoms with E-state index in [1.54, 1.807) is 18.5 Å². The van der Waals surface area contributed by atoms with Crippen LogP contribution in [0.15, 0.2) is 53.3 Å². The number of benzene rings is 1. The first kappa shape index (κ1) is 17.7. The van der Waals surface area contributed by atoms with E-state index in [0.717, 1.165) is 11.0 Å². The molecule has 7 heteroatoms. The smallest absolute Gasteiger partial charge is 0.407 e. The number of nitrogens with zero attached hydrogens (tertiary/aromatic N) is 3. The molecule has 1 unspecified atom stereocenters. The van der Waals surface area contributed by atoms with Crippen LogP contribution in [0.2, 0.25) is 0 Å². The summed E-state index contributed by atoms with van der Waals surface area (Å²) in [5, 5.41) is 9.46. The maximum Gasteiger partial charge on any atom is 0.407 e. The SMILES string of the molecule is O=C(O)N1CCN(Cc2ccccc2Br)CC1COc1cccnc1. The van der Waals surface area contributed by atoms with Crippen LogP contribution >= 0.6 is 15.9 Å². The summed E-state index contributed by atoms with van der Waals surface area (Å²) in [7, 11) is 0. The Morgan fingerprint density at radius 1 is 1.28 bits per heavy atom. The van der Waals surface area contributed by atoms with E-state index < -0.39 is 6.09 Å². The van der Waals surface area contributed by atoms with E-state index in [2.05, 4.69) is 31.9 Å². The number of carbonyl (C=O) groups is 1. The summed E-state index contributed by atoms with van der Waals surface area (Å²) in [5.74, 6) is 0.649. The average Bonchev–Trinajstić information content (AvgIpc) is 2.63. The van der Waals surface area contributed by atoms with Crippen molar-refractivity contribution < 1.29 is 14.6 Å². The van der Waals surface area contributed by atoms with Gasteiger partial charge in [-0.1, -0.05) is 34.1 Å². The standard InChI is InChI=1S/C18H20BrN3O3/c19-17-6-2-1-4-14(17)11-21-8-9-22(18(23)24)15(12-21)13-25-16-5-3-7-20-10-16/h1-7,10,15H,8-9,11-13H2,(H,23,24). The van der Waals surface area contributed by atoms with Crippen LogP contribution in [0.5, 0.6) is 5.75 Å². The highest BCUT2D eigenvalue weighted by molar-refractivity contribution is 9.10. The lowest BCUT2D eigenvalue weighted by atomic mass is 10.1. The quantitative estimate of drug-likeness (QED) is 0.827. The molecule has 1 amide bonds. The highest BCUT2D eigenvalue weighted by atomic mass is 79.9. The summed E-state index contributed by atoms with van der Waals surface area (Å²) in [4.78, 5) is 19.3. The van der Waals surface area contributed by atoms with Crippen LogP contribution in [0.4, 0.5) is 4.79 Å². The summed E-state index contributed by atoms with van der Waals surface area (Å²) in [6.45, 7) is 2.90. The molecular weight excluding hydrogens is 386 g/mol. The first-order chi connectivity index (χ1) is 12.1. The summed E-state index contributed by atoms with van der Waals surface area (Å²) in [6.07, 6.45) is 2.41. The van der Waals surface area contributed by atoms with Crippen molar-refractivity contribution >= 4 is 22.0 Å². The predicted molar refractivity (Wildman–Crippen MR) is 97.7 cm³/mol. The Labute approximate surface area is 155 Å². The molecule has 1 aromatic heterocycles. The van der Waals surface area contributed by atoms with Gasteiger partial charge in [0, 0.05) is 36.8 Å². The third-order valence-electron chi connectivity index (χ3n) is 4.24. The molecule has 1 aliphatic heterocycles. The van der Waals surface area contributed by atoms with Crippen molar-refractivity contribution in [1.82, 2.24) is 14.8 Å². The van der Waals surface area contributed by atoms with Crippen molar-refractivity contribution in [1.29, 1.82) is 0 Å². The summed E-state index contributed by atoms with van der Waals surface area (Å²) >= 11 is 3.57. The molecule has 1 aromatic carbocycles. The molecule has 25 heavy (non-hydrogen) atoms. The van der Waals surface area contributed by atoms with Crippen LogP contribution < -0.4 is 4.74 Å². The van der Waals surface area contributed by atoms with Gasteiger partial charge in [0.2, 0.25) is 0 Å². The van der Waals surface area contributed by atoms with Crippen molar-refractivity contribution in [2.75, 3.05) is 26.2 Å². The van der Waals surface area contributed by atoms with E-state index in [4.69, 9.17) is 4.74 Å². The van der Waals surface area contributed by atoms with Gasteiger partial charge in [-0.15, -0.1) is 0 Å². The van der Waals surface area contributed by atoms with Gasteiger partial charge >= 0.3 is 6.09 Å². The van der Waals surface area contributed by atoms with Gasteiger partial charge in [0.15, 0.2) is 0 Å². The maximum absolute atomic E-state index is 11.5. The lowest BCUT2D eigenvalue weighted by Crippen LogP contribution is -2.56. The van der Waals surface area contributed by atoms with Gasteiger partial charge in [0.25, 0.3) is 0 Å². The summed E-state index contributed by atoms with van der Waals surface area (Å²) in [5.41, 5.74) is 1.19. The summed E-state index contributed by atoms with van der Waals surface area (Å²) in [6, 6.07) is 11.5. The first-order valence-corrected chi connectivity index (χ1v) is 8.91. The zero-order valence-electron chi connectivity index (χ0n) is 13.7. The minimum Gasteiger partial charge on any atom is -0.490 e. The molecule has 2 heterocycles. The minimum atomic E-state index is -0.902. The maximum atomic E-state index is 11.5. The van der Waals surface area contributed by atoms with E-state index in [1.165, 1.54) is 10.5 Å². The second kappa shape index (κ2) is 8.31. The van der Waals surface area contributed by atoms with Crippen molar-refractivity contribution in [3.8, 4) is 5.75 Å². The number of rotatable bonds is 5. The number of hydrogen-bond acceptors (Lipinski definition) is 4. The largest absolute Gasteiger partial charge is 0.490 e. The van der Waals surface area contributed by atoms with Gasteiger partial charge < -0.3 is 9.84 Å². The average molecular weight is 406 g/mol. The Morgan fingerprint density at radius 3 is 2.84 bits per heavy atom. The van der Waals surface area contributed by atoms with Gasteiger partial charge in [-0.2, -0.15) is 0 Å². The Hall–Kier alpha value is -2.12. The molecule has 3 rings (SSSR count). The zero-order valence-corrected chi connectivity index (χ0v) is 15.3. The molecule has 2 aromatic rings. The lowest BCUT2D eigenvalue weighted by molar-refractivity contribution is 0.0436. The third kappa shape index (κ3) is 4.70. The number of aromatic nitrogens is 1. The van der Waals surface area contributed by atoms with Crippen molar-refractivity contribution in [3.63, 3.8) is 0 Å². The zero-order chi connectivity index (χ0) is 17.6. The van der Waals surface area contributed by atoms with E-state index in [1.807, 2.05) is 24.3 Å². The first-order valence-electron chi connectivity index (χ1n) is 8.11. The topological polar surface area (TPSA) is 65.9 Å². The number of hydrogen-bond donors (Lipinski definition) is 1. The second-order valence-electron chi connectivity index (χ2n) is 5.96. The molecule has 1 N–H and O–H groups in total. The molecule has 1 saturated heterocycles. The van der Waals surface area contributed by atoms with Gasteiger partial charge in [0.05, 0.1) is 12.2 Å². The fraction of sp³-hybridized carbons (Fsp3) is 0.333. The number of ether oxygens (including phenoxy) is 1. The molecular formula is C18H20BrN3O3. The van der Waals surface area contributed by atoms with E-state index in [9.17, 15) is 9.90 Å². The Morgan fingerprint density at radius 2 is 2.12 bits per heavy atom. The highest BCUT2D eigenvalue weighted by Gasteiger charge is 2.31. The third-order valence-corrected chi connectivity index (χ3v) is 5.01. The number of carboxylic acid groups (broad SMARTS) is 1. The molecule has 0 saturated carbocycles. The van der Waals surface area contributed by atoms with Crippen molar-refractivity contribution in [2.24, 2.45) is 0 Å². The van der Waals surface area contributed by atoms with Crippen molar-refractivity contribution in [2.45, 2.75) is 12.6 Å². The van der Waals surface area contributed by atoms with E-state index in [-0.39, 0.29) is 6.04 Å². The predicted octanol–water partition coefficient (Wildman–Crippen LogP) is 3.09. The van der Waals surface area contributed by atoms with Gasteiger partial charge in [0.1, 0.15) is 12.4 Å². The Kier molecular flexibility index (Phi) is 5.88.